The molecular weight excluding hydrogens is 463 g/mol. The van der Waals surface area contributed by atoms with Gasteiger partial charge >= 0.3 is 6.18 Å². The van der Waals surface area contributed by atoms with Crippen LogP contribution in [0.5, 0.6) is 0 Å². The molecule has 0 fully saturated rings. The summed E-state index contributed by atoms with van der Waals surface area (Å²) in [7, 11) is 0. The van der Waals surface area contributed by atoms with Gasteiger partial charge in [-0.1, -0.05) is 89.7 Å². The third-order valence-corrected chi connectivity index (χ3v) is 6.34. The van der Waals surface area contributed by atoms with Crippen molar-refractivity contribution in [2.75, 3.05) is 0 Å². The maximum Gasteiger partial charge on any atom is 0.438 e. The van der Waals surface area contributed by atoms with Crippen LogP contribution in [0.15, 0.2) is 29.4 Å². The molecule has 0 saturated carbocycles. The number of carbonyl (C=O) groups is 1. The minimum absolute atomic E-state index is 0.0365. The Labute approximate surface area is 204 Å². The van der Waals surface area contributed by atoms with Gasteiger partial charge in [-0.2, -0.15) is 23.3 Å². The fraction of sp³-hybridized carbons (Fsp3) is 0.680. The fourth-order valence-corrected chi connectivity index (χ4v) is 4.29. The van der Waals surface area contributed by atoms with Gasteiger partial charge < -0.3 is 5.11 Å². The van der Waals surface area contributed by atoms with E-state index in [4.69, 9.17) is 0 Å². The number of aliphatic hydroxyl groups is 1. The number of hydrogen-bond acceptors (Lipinski definition) is 5. The van der Waals surface area contributed by atoms with E-state index in [2.05, 4.69) is 12.0 Å². The van der Waals surface area contributed by atoms with Crippen molar-refractivity contribution in [2.24, 2.45) is 5.10 Å². The zero-order valence-electron chi connectivity index (χ0n) is 20.4. The number of hydrazone groups is 1. The van der Waals surface area contributed by atoms with Crippen molar-refractivity contribution in [1.29, 1.82) is 0 Å². The van der Waals surface area contributed by atoms with Gasteiger partial charge in [0, 0.05) is 18.2 Å². The summed E-state index contributed by atoms with van der Waals surface area (Å²) in [5.41, 5.74) is -4.67. The first kappa shape index (κ1) is 28.7. The van der Waals surface area contributed by atoms with Crippen molar-refractivity contribution in [3.05, 3.63) is 39.9 Å². The van der Waals surface area contributed by atoms with Crippen LogP contribution < -0.4 is 0 Å². The number of nitro groups is 1. The van der Waals surface area contributed by atoms with Crippen molar-refractivity contribution in [3.8, 4) is 0 Å². The van der Waals surface area contributed by atoms with Crippen LogP contribution in [-0.2, 0) is 0 Å². The van der Waals surface area contributed by atoms with Crippen LogP contribution in [0.4, 0.5) is 18.9 Å². The molecule has 7 nitrogen and oxygen atoms in total. The maximum absolute atomic E-state index is 13.7. The van der Waals surface area contributed by atoms with Crippen LogP contribution in [0.3, 0.4) is 0 Å². The molecule has 2 rings (SSSR count). The first-order valence-electron chi connectivity index (χ1n) is 12.5. The minimum atomic E-state index is -5.17. The van der Waals surface area contributed by atoms with Gasteiger partial charge in [-0.25, -0.2) is 0 Å². The van der Waals surface area contributed by atoms with Crippen LogP contribution in [0.1, 0.15) is 107 Å². The molecule has 196 valence electrons. The number of para-hydroxylation sites is 1. The van der Waals surface area contributed by atoms with Crippen LogP contribution >= 0.6 is 0 Å². The topological polar surface area (TPSA) is 96.0 Å². The molecule has 1 atom stereocenters. The lowest BCUT2D eigenvalue weighted by atomic mass is 10.0. The van der Waals surface area contributed by atoms with Gasteiger partial charge in [-0.3, -0.25) is 14.9 Å². The first-order valence-corrected chi connectivity index (χ1v) is 12.5. The smallest absolute Gasteiger partial charge is 0.362 e. The van der Waals surface area contributed by atoms with Gasteiger partial charge in [0.05, 0.1) is 4.92 Å². The number of alkyl halides is 3. The van der Waals surface area contributed by atoms with Gasteiger partial charge in [-0.15, -0.1) is 0 Å². The average molecular weight is 500 g/mol. The summed E-state index contributed by atoms with van der Waals surface area (Å²) in [4.78, 5) is 23.2. The van der Waals surface area contributed by atoms with Crippen LogP contribution in [-0.4, -0.2) is 38.6 Å². The van der Waals surface area contributed by atoms with Crippen molar-refractivity contribution in [1.82, 2.24) is 5.01 Å². The van der Waals surface area contributed by atoms with E-state index in [0.717, 1.165) is 37.8 Å². The van der Waals surface area contributed by atoms with Crippen molar-refractivity contribution < 1.29 is 28.0 Å². The van der Waals surface area contributed by atoms with Crippen LogP contribution in [0.2, 0.25) is 0 Å². The summed E-state index contributed by atoms with van der Waals surface area (Å²) in [6.07, 6.45) is 7.59. The average Bonchev–Trinajstić information content (AvgIpc) is 3.17. The summed E-state index contributed by atoms with van der Waals surface area (Å²) in [5.74, 6) is -1.36. The standard InChI is InChI=1S/C25H36F3N3O4/c1-2-3-4-5-6-7-8-9-10-11-12-13-16-20-19-24(33,25(26,27)28)30(29-20)23(32)21-17-14-15-18-22(21)31(34)35/h14-15,17-18,33H,2-13,16,19H2,1H3. The zero-order chi connectivity index (χ0) is 25.9. The van der Waals surface area contributed by atoms with E-state index in [1.807, 2.05) is 0 Å². The Morgan fingerprint density at radius 1 is 1.03 bits per heavy atom. The summed E-state index contributed by atoms with van der Waals surface area (Å²) < 4.78 is 41.2. The largest absolute Gasteiger partial charge is 0.438 e. The number of unbranched alkanes of at least 4 members (excludes halogenated alkanes) is 11. The summed E-state index contributed by atoms with van der Waals surface area (Å²) in [6.45, 7) is 2.20. The van der Waals surface area contributed by atoms with Crippen molar-refractivity contribution >= 4 is 17.3 Å². The van der Waals surface area contributed by atoms with Gasteiger partial charge in [0.25, 0.3) is 17.3 Å². The second kappa shape index (κ2) is 13.6. The van der Waals surface area contributed by atoms with Crippen LogP contribution in [0.25, 0.3) is 0 Å². The van der Waals surface area contributed by atoms with Crippen molar-refractivity contribution in [2.45, 2.75) is 109 Å². The van der Waals surface area contributed by atoms with E-state index in [9.17, 15) is 33.2 Å². The Bertz CT molecular complexity index is 876. The SMILES string of the molecule is CCCCCCCCCCCCCCC1=NN(C(=O)c2ccccc2[N+](=O)[O-])C(O)(C(F)(F)F)C1. The molecule has 1 aliphatic heterocycles. The Hall–Kier alpha value is -2.49. The van der Waals surface area contributed by atoms with Gasteiger partial charge in [0.2, 0.25) is 0 Å². The van der Waals surface area contributed by atoms with E-state index >= 15 is 0 Å². The number of rotatable bonds is 15. The molecule has 0 aliphatic carbocycles. The highest BCUT2D eigenvalue weighted by Gasteiger charge is 2.63. The zero-order valence-corrected chi connectivity index (χ0v) is 20.4. The second-order valence-corrected chi connectivity index (χ2v) is 9.19. The molecule has 35 heavy (non-hydrogen) atoms. The van der Waals surface area contributed by atoms with Crippen molar-refractivity contribution in [3.63, 3.8) is 0 Å². The molecule has 1 aliphatic rings. The number of hydrogen-bond donors (Lipinski definition) is 1. The molecule has 0 bridgehead atoms. The Morgan fingerprint density at radius 3 is 2.06 bits per heavy atom. The molecule has 10 heteroatoms. The fourth-order valence-electron chi connectivity index (χ4n) is 4.29. The summed E-state index contributed by atoms with van der Waals surface area (Å²) >= 11 is 0. The molecule has 0 radical (unpaired) electrons. The molecule has 1 unspecified atom stereocenters. The van der Waals surface area contributed by atoms with Crippen LogP contribution in [0, 0.1) is 10.1 Å². The van der Waals surface area contributed by atoms with E-state index in [1.165, 1.54) is 57.1 Å². The molecule has 1 heterocycles. The normalized spacial score (nSPS) is 18.1. The number of amides is 1. The predicted octanol–water partition coefficient (Wildman–Crippen LogP) is 7.14. The Morgan fingerprint density at radius 2 is 1.54 bits per heavy atom. The number of benzene rings is 1. The number of nitro benzene ring substituents is 1. The number of carbonyl (C=O) groups excluding carboxylic acids is 1. The van der Waals surface area contributed by atoms with E-state index in [-0.39, 0.29) is 17.1 Å². The Kier molecular flexibility index (Phi) is 11.1. The lowest BCUT2D eigenvalue weighted by Gasteiger charge is -2.32. The van der Waals surface area contributed by atoms with Gasteiger partial charge in [0.1, 0.15) is 5.56 Å². The molecule has 1 aromatic rings. The summed E-state index contributed by atoms with van der Waals surface area (Å²) in [6, 6.07) is 4.68. The first-order chi connectivity index (χ1) is 16.6. The van der Waals surface area contributed by atoms with E-state index in [1.54, 1.807) is 0 Å². The lowest BCUT2D eigenvalue weighted by Crippen LogP contribution is -2.56. The molecular formula is C25H36F3N3O4. The Balaban J connectivity index is 1.87. The van der Waals surface area contributed by atoms with E-state index < -0.39 is 40.4 Å². The molecule has 0 aromatic heterocycles. The molecule has 1 N–H and O–H groups in total. The predicted molar refractivity (Wildman–Crippen MR) is 128 cm³/mol. The second-order valence-electron chi connectivity index (χ2n) is 9.19. The highest BCUT2D eigenvalue weighted by molar-refractivity contribution is 6.01. The third-order valence-electron chi connectivity index (χ3n) is 6.34. The van der Waals surface area contributed by atoms with Gasteiger partial charge in [0.15, 0.2) is 0 Å². The maximum atomic E-state index is 13.7. The highest BCUT2D eigenvalue weighted by atomic mass is 19.4. The third kappa shape index (κ3) is 8.02. The molecule has 1 amide bonds. The monoisotopic (exact) mass is 499 g/mol. The minimum Gasteiger partial charge on any atom is -0.362 e. The number of halogens is 3. The highest BCUT2D eigenvalue weighted by Crippen LogP contribution is 2.42. The number of nitrogens with zero attached hydrogens (tertiary/aromatic N) is 3. The summed E-state index contributed by atoms with van der Waals surface area (Å²) in [5, 5.41) is 25.4. The lowest BCUT2D eigenvalue weighted by molar-refractivity contribution is -0.385. The van der Waals surface area contributed by atoms with E-state index in [0.29, 0.717) is 6.42 Å². The molecule has 0 saturated heterocycles. The quantitative estimate of drug-likeness (QED) is 0.158. The molecule has 0 spiro atoms. The molecule has 1 aromatic carbocycles. The van der Waals surface area contributed by atoms with Gasteiger partial charge in [-0.05, 0) is 18.9 Å².